The van der Waals surface area contributed by atoms with Crippen LogP contribution in [0.1, 0.15) is 42.1 Å². The minimum absolute atomic E-state index is 0.127. The summed E-state index contributed by atoms with van der Waals surface area (Å²) in [5.74, 6) is 0.240. The molecule has 14 heteroatoms. The second-order valence-electron chi connectivity index (χ2n) is 6.21. The molecule has 0 spiro atoms. The topological polar surface area (TPSA) is 222 Å². The third-order valence-corrected chi connectivity index (χ3v) is 3.88. The number of halogens is 1. The van der Waals surface area contributed by atoms with Gasteiger partial charge in [-0.15, -0.1) is 0 Å². The van der Waals surface area contributed by atoms with Crippen LogP contribution < -0.4 is 22.8 Å². The number of carboxylic acid groups (broad SMARTS) is 2. The number of hydrazine groups is 1. The van der Waals surface area contributed by atoms with Crippen molar-refractivity contribution in [3.63, 3.8) is 0 Å². The van der Waals surface area contributed by atoms with Crippen LogP contribution >= 0.6 is 0 Å². The van der Waals surface area contributed by atoms with Gasteiger partial charge in [-0.1, -0.05) is 0 Å². The molecule has 8 N–H and O–H groups in total. The van der Waals surface area contributed by atoms with Crippen molar-refractivity contribution in [2.75, 3.05) is 13.2 Å². The predicted molar refractivity (Wildman–Crippen MR) is 99.2 cm³/mol. The van der Waals surface area contributed by atoms with Crippen LogP contribution in [0.25, 0.3) is 0 Å². The number of allylic oxidation sites excluding steroid dienone is 1. The molecule has 0 aliphatic rings. The number of ketones is 1. The van der Waals surface area contributed by atoms with Crippen molar-refractivity contribution in [1.82, 2.24) is 14.6 Å². The van der Waals surface area contributed by atoms with Crippen LogP contribution in [0.4, 0.5) is 4.39 Å². The minimum atomic E-state index is -1.86. The van der Waals surface area contributed by atoms with E-state index in [-0.39, 0.29) is 23.1 Å². The second-order valence-corrected chi connectivity index (χ2v) is 6.21. The Balaban J connectivity index is 3.28. The van der Waals surface area contributed by atoms with E-state index in [4.69, 9.17) is 16.7 Å². The number of hydrogen-bond acceptors (Lipinski definition) is 9. The maximum absolute atomic E-state index is 12.4. The fourth-order valence-electron chi connectivity index (χ4n) is 2.54. The lowest BCUT2D eigenvalue weighted by atomic mass is 10.1. The maximum atomic E-state index is 12.4. The minimum Gasteiger partial charge on any atom is -0.494 e. The number of aromatic amines is 1. The first-order chi connectivity index (χ1) is 14.0. The molecule has 0 fully saturated rings. The van der Waals surface area contributed by atoms with Crippen molar-refractivity contribution in [1.29, 1.82) is 0 Å². The highest BCUT2D eigenvalue weighted by Gasteiger charge is 2.29. The van der Waals surface area contributed by atoms with Gasteiger partial charge in [0.05, 0.1) is 13.2 Å². The lowest BCUT2D eigenvalue weighted by Gasteiger charge is -2.18. The van der Waals surface area contributed by atoms with Crippen LogP contribution in [0, 0.1) is 0 Å². The van der Waals surface area contributed by atoms with Gasteiger partial charge in [0, 0.05) is 18.3 Å². The summed E-state index contributed by atoms with van der Waals surface area (Å²) in [6, 6.07) is -1.86. The number of carbonyl (C=O) groups is 3. The van der Waals surface area contributed by atoms with Crippen molar-refractivity contribution >= 4 is 17.7 Å². The highest BCUT2D eigenvalue weighted by molar-refractivity contribution is 5.99. The molecule has 1 rings (SSSR count). The SMILES string of the molecule is N/C(=C\N(N)CC(=O)c1c(O)n(C(CCC(=O)O)C(=O)O)c(=O)[nH]c1=O)CCCF. The Morgan fingerprint density at radius 1 is 1.23 bits per heavy atom. The van der Waals surface area contributed by atoms with Crippen LogP contribution in [0.3, 0.4) is 0 Å². The van der Waals surface area contributed by atoms with E-state index in [9.17, 15) is 38.6 Å². The summed E-state index contributed by atoms with van der Waals surface area (Å²) in [4.78, 5) is 60.4. The quantitative estimate of drug-likeness (QED) is 0.129. The summed E-state index contributed by atoms with van der Waals surface area (Å²) in [5, 5.41) is 29.1. The molecular weight excluding hydrogens is 409 g/mol. The zero-order chi connectivity index (χ0) is 23.0. The Labute approximate surface area is 168 Å². The zero-order valence-corrected chi connectivity index (χ0v) is 15.7. The van der Waals surface area contributed by atoms with E-state index in [1.54, 1.807) is 4.98 Å². The van der Waals surface area contributed by atoms with Gasteiger partial charge in [0.15, 0.2) is 5.78 Å². The molecule has 0 amide bonds. The first-order valence-corrected chi connectivity index (χ1v) is 8.58. The number of aromatic hydroxyl groups is 1. The lowest BCUT2D eigenvalue weighted by Crippen LogP contribution is -2.40. The van der Waals surface area contributed by atoms with Gasteiger partial charge in [-0.3, -0.25) is 23.8 Å². The monoisotopic (exact) mass is 431 g/mol. The molecule has 0 aliphatic carbocycles. The van der Waals surface area contributed by atoms with Crippen LogP contribution in [0.5, 0.6) is 5.88 Å². The summed E-state index contributed by atoms with van der Waals surface area (Å²) in [6.07, 6.45) is 0.128. The van der Waals surface area contributed by atoms with Crippen LogP contribution in [-0.2, 0) is 9.59 Å². The fraction of sp³-hybridized carbons (Fsp3) is 0.438. The molecule has 13 nitrogen and oxygen atoms in total. The average molecular weight is 431 g/mol. The van der Waals surface area contributed by atoms with Crippen molar-refractivity contribution < 1.29 is 34.1 Å². The second kappa shape index (κ2) is 10.8. The Morgan fingerprint density at radius 2 is 1.87 bits per heavy atom. The molecule has 0 aliphatic heterocycles. The molecule has 0 aromatic carbocycles. The molecule has 0 radical (unpaired) electrons. The fourth-order valence-corrected chi connectivity index (χ4v) is 2.54. The van der Waals surface area contributed by atoms with Crippen molar-refractivity contribution in [2.24, 2.45) is 11.6 Å². The largest absolute Gasteiger partial charge is 0.494 e. The molecule has 1 unspecified atom stereocenters. The van der Waals surface area contributed by atoms with E-state index in [0.717, 1.165) is 11.2 Å². The molecule has 1 aromatic heterocycles. The zero-order valence-electron chi connectivity index (χ0n) is 15.7. The predicted octanol–water partition coefficient (Wildman–Crippen LogP) is -1.36. The normalized spacial score (nSPS) is 12.4. The Bertz CT molecular complexity index is 954. The highest BCUT2D eigenvalue weighted by Crippen LogP contribution is 2.21. The van der Waals surface area contributed by atoms with Gasteiger partial charge in [-0.2, -0.15) is 0 Å². The van der Waals surface area contributed by atoms with Crippen molar-refractivity contribution in [3.05, 3.63) is 38.3 Å². The van der Waals surface area contributed by atoms with Crippen LogP contribution in [0.15, 0.2) is 21.5 Å². The Kier molecular flexibility index (Phi) is 8.73. The summed E-state index contributed by atoms with van der Waals surface area (Å²) in [7, 11) is 0. The molecule has 0 saturated carbocycles. The molecule has 1 heterocycles. The van der Waals surface area contributed by atoms with Gasteiger partial charge in [0.1, 0.15) is 11.6 Å². The van der Waals surface area contributed by atoms with E-state index >= 15 is 0 Å². The number of nitrogens with zero attached hydrogens (tertiary/aromatic N) is 2. The van der Waals surface area contributed by atoms with Gasteiger partial charge in [0.25, 0.3) is 5.56 Å². The number of Topliss-reactive ketones (excluding diaryl/α,β-unsaturated/α-hetero) is 1. The number of H-pyrrole nitrogens is 1. The summed E-state index contributed by atoms with van der Waals surface area (Å²) in [5.41, 5.74) is 2.17. The van der Waals surface area contributed by atoms with Gasteiger partial charge in [0.2, 0.25) is 5.88 Å². The number of carbonyl (C=O) groups excluding carboxylic acids is 1. The number of aromatic nitrogens is 2. The first-order valence-electron chi connectivity index (χ1n) is 8.58. The summed E-state index contributed by atoms with van der Waals surface area (Å²) >= 11 is 0. The first kappa shape index (κ1) is 24.4. The number of nitrogens with two attached hydrogens (primary N) is 2. The van der Waals surface area contributed by atoms with Crippen molar-refractivity contribution in [3.8, 4) is 5.88 Å². The molecular formula is C16H22FN5O8. The van der Waals surface area contributed by atoms with E-state index in [1.165, 1.54) is 0 Å². The standard InChI is InChI=1S/C16H22FN5O8/c17-5-1-2-8(18)6-21(19)7-10(23)12-13(26)20-16(30)22(14(12)27)9(15(28)29)3-4-11(24)25/h6,9,27H,1-5,7,18-19H2,(H,24,25)(H,28,29)(H,20,26,30)/b8-6-. The molecule has 1 aromatic rings. The van der Waals surface area contributed by atoms with E-state index in [0.29, 0.717) is 0 Å². The van der Waals surface area contributed by atoms with Crippen LogP contribution in [0.2, 0.25) is 0 Å². The maximum Gasteiger partial charge on any atom is 0.331 e. The number of alkyl halides is 1. The van der Waals surface area contributed by atoms with E-state index < -0.39 is 72.5 Å². The third kappa shape index (κ3) is 6.44. The van der Waals surface area contributed by atoms with Gasteiger partial charge < -0.3 is 26.1 Å². The lowest BCUT2D eigenvalue weighted by molar-refractivity contribution is -0.142. The Morgan fingerprint density at radius 3 is 2.40 bits per heavy atom. The highest BCUT2D eigenvalue weighted by atomic mass is 19.1. The molecule has 166 valence electrons. The van der Waals surface area contributed by atoms with Gasteiger partial charge >= 0.3 is 17.6 Å². The van der Waals surface area contributed by atoms with Gasteiger partial charge in [-0.05, 0) is 19.3 Å². The van der Waals surface area contributed by atoms with Crippen molar-refractivity contribution in [2.45, 2.75) is 31.7 Å². The molecule has 0 saturated heterocycles. The van der Waals surface area contributed by atoms with Gasteiger partial charge in [-0.25, -0.2) is 20.0 Å². The third-order valence-electron chi connectivity index (χ3n) is 3.88. The number of nitrogens with one attached hydrogen (secondary N) is 1. The average Bonchev–Trinajstić information content (AvgIpc) is 2.61. The number of aliphatic carboxylic acids is 2. The van der Waals surface area contributed by atoms with Crippen LogP contribution in [-0.4, -0.2) is 60.8 Å². The Hall–Kier alpha value is -3.68. The molecule has 0 bridgehead atoms. The smallest absolute Gasteiger partial charge is 0.331 e. The van der Waals surface area contributed by atoms with E-state index in [1.807, 2.05) is 0 Å². The van der Waals surface area contributed by atoms with E-state index in [2.05, 4.69) is 0 Å². The number of rotatable bonds is 12. The molecule has 30 heavy (non-hydrogen) atoms. The number of carboxylic acids is 2. The summed E-state index contributed by atoms with van der Waals surface area (Å²) < 4.78 is 12.4. The summed E-state index contributed by atoms with van der Waals surface area (Å²) in [6.45, 7) is -1.31. The molecule has 1 atom stereocenters. The number of hydrogen-bond donors (Lipinski definition) is 6.